The van der Waals surface area contributed by atoms with E-state index in [4.69, 9.17) is 11.5 Å². The molecule has 4 N–H and O–H groups in total. The Balaban J connectivity index is 3.57. The summed E-state index contributed by atoms with van der Waals surface area (Å²) in [7, 11) is 0. The van der Waals surface area contributed by atoms with Crippen molar-refractivity contribution in [3.8, 4) is 0 Å². The Bertz CT molecular complexity index is 319. The lowest BCUT2D eigenvalue weighted by Crippen LogP contribution is -2.12. The van der Waals surface area contributed by atoms with E-state index < -0.39 is 0 Å². The highest BCUT2D eigenvalue weighted by molar-refractivity contribution is 5.49. The average molecular weight is 192 g/mol. The normalized spacial score (nSPS) is 10.7. The van der Waals surface area contributed by atoms with E-state index in [1.54, 1.807) is 0 Å². The summed E-state index contributed by atoms with van der Waals surface area (Å²) in [6.45, 7) is 9.72. The van der Waals surface area contributed by atoms with Crippen molar-refractivity contribution < 1.29 is 0 Å². The second-order valence-corrected chi connectivity index (χ2v) is 3.87. The Morgan fingerprint density at radius 1 is 0.643 bits per heavy atom. The molecule has 0 radical (unpaired) electrons. The third-order valence-electron chi connectivity index (χ3n) is 3.37. The minimum Gasteiger partial charge on any atom is -0.326 e. The van der Waals surface area contributed by atoms with Crippen molar-refractivity contribution in [1.29, 1.82) is 0 Å². The maximum atomic E-state index is 5.76. The molecule has 14 heavy (non-hydrogen) atoms. The third kappa shape index (κ3) is 1.56. The molecule has 1 rings (SSSR count). The zero-order valence-electron chi connectivity index (χ0n) is 9.57. The fourth-order valence-corrected chi connectivity index (χ4v) is 2.02. The van der Waals surface area contributed by atoms with Gasteiger partial charge in [-0.3, -0.25) is 0 Å². The van der Waals surface area contributed by atoms with Crippen LogP contribution in [0.25, 0.3) is 0 Å². The largest absolute Gasteiger partial charge is 0.326 e. The molecule has 0 fully saturated rings. The van der Waals surface area contributed by atoms with Crippen LogP contribution in [-0.4, -0.2) is 0 Å². The average Bonchev–Trinajstić information content (AvgIpc) is 2.20. The van der Waals surface area contributed by atoms with E-state index in [0.29, 0.717) is 13.1 Å². The van der Waals surface area contributed by atoms with Crippen LogP contribution in [0.15, 0.2) is 0 Å². The second kappa shape index (κ2) is 4.11. The summed E-state index contributed by atoms with van der Waals surface area (Å²) in [4.78, 5) is 0. The fourth-order valence-electron chi connectivity index (χ4n) is 2.02. The van der Waals surface area contributed by atoms with Gasteiger partial charge in [0.2, 0.25) is 0 Å². The van der Waals surface area contributed by atoms with Crippen LogP contribution in [0.3, 0.4) is 0 Å². The van der Waals surface area contributed by atoms with Crippen LogP contribution in [0, 0.1) is 27.7 Å². The molecule has 0 saturated carbocycles. The molecule has 0 saturated heterocycles. The minimum absolute atomic E-state index is 0.584. The van der Waals surface area contributed by atoms with E-state index >= 15 is 0 Å². The van der Waals surface area contributed by atoms with Gasteiger partial charge in [0.1, 0.15) is 0 Å². The number of benzene rings is 1. The lowest BCUT2D eigenvalue weighted by molar-refractivity contribution is 0.936. The highest BCUT2D eigenvalue weighted by Crippen LogP contribution is 2.25. The Labute approximate surface area is 86.3 Å². The third-order valence-corrected chi connectivity index (χ3v) is 3.37. The summed E-state index contributed by atoms with van der Waals surface area (Å²) in [5.74, 6) is 0. The molecule has 0 aliphatic carbocycles. The summed E-state index contributed by atoms with van der Waals surface area (Å²) >= 11 is 0. The van der Waals surface area contributed by atoms with Crippen LogP contribution in [0.5, 0.6) is 0 Å². The zero-order valence-corrected chi connectivity index (χ0v) is 9.57. The molecule has 0 aliphatic heterocycles. The minimum atomic E-state index is 0.584. The molecular formula is C12H20N2. The second-order valence-electron chi connectivity index (χ2n) is 3.87. The Morgan fingerprint density at radius 2 is 0.929 bits per heavy atom. The van der Waals surface area contributed by atoms with Crippen LogP contribution in [0.1, 0.15) is 33.4 Å². The first-order valence-corrected chi connectivity index (χ1v) is 5.02. The number of hydrogen-bond donors (Lipinski definition) is 2. The molecule has 1 aromatic carbocycles. The molecule has 2 heteroatoms. The van der Waals surface area contributed by atoms with Gasteiger partial charge >= 0.3 is 0 Å². The van der Waals surface area contributed by atoms with Crippen LogP contribution in [0.4, 0.5) is 0 Å². The molecule has 78 valence electrons. The SMILES string of the molecule is Cc1c(C)c(C)c(CN)c(CN)c1C. The quantitative estimate of drug-likeness (QED) is 0.751. The fraction of sp³-hybridized carbons (Fsp3) is 0.500. The van der Waals surface area contributed by atoms with Gasteiger partial charge in [-0.25, -0.2) is 0 Å². The van der Waals surface area contributed by atoms with Gasteiger partial charge in [-0.2, -0.15) is 0 Å². The number of hydrogen-bond acceptors (Lipinski definition) is 2. The Kier molecular flexibility index (Phi) is 3.29. The highest BCUT2D eigenvalue weighted by atomic mass is 14.6. The Hall–Kier alpha value is -0.860. The van der Waals surface area contributed by atoms with Crippen molar-refractivity contribution in [3.63, 3.8) is 0 Å². The molecule has 0 heterocycles. The van der Waals surface area contributed by atoms with Crippen molar-refractivity contribution in [2.75, 3.05) is 0 Å². The van der Waals surface area contributed by atoms with Crippen LogP contribution < -0.4 is 11.5 Å². The van der Waals surface area contributed by atoms with E-state index in [1.165, 1.54) is 33.4 Å². The highest BCUT2D eigenvalue weighted by Gasteiger charge is 2.12. The van der Waals surface area contributed by atoms with Gasteiger partial charge in [0.05, 0.1) is 0 Å². The van der Waals surface area contributed by atoms with E-state index in [1.807, 2.05) is 0 Å². The zero-order chi connectivity index (χ0) is 10.9. The molecule has 0 spiro atoms. The van der Waals surface area contributed by atoms with E-state index in [0.717, 1.165) is 0 Å². The molecule has 0 aliphatic rings. The monoisotopic (exact) mass is 192 g/mol. The molecule has 0 bridgehead atoms. The van der Waals surface area contributed by atoms with Gasteiger partial charge in [-0.05, 0) is 61.1 Å². The summed E-state index contributed by atoms with van der Waals surface area (Å²) < 4.78 is 0. The van der Waals surface area contributed by atoms with E-state index in [9.17, 15) is 0 Å². The Morgan fingerprint density at radius 3 is 1.14 bits per heavy atom. The predicted octanol–water partition coefficient (Wildman–Crippen LogP) is 1.84. The van der Waals surface area contributed by atoms with E-state index in [2.05, 4.69) is 27.7 Å². The van der Waals surface area contributed by atoms with Gasteiger partial charge < -0.3 is 11.5 Å². The van der Waals surface area contributed by atoms with Crippen LogP contribution in [0.2, 0.25) is 0 Å². The summed E-state index contributed by atoms with van der Waals surface area (Å²) in [5.41, 5.74) is 19.3. The smallest absolute Gasteiger partial charge is 0.0184 e. The van der Waals surface area contributed by atoms with Crippen molar-refractivity contribution in [1.82, 2.24) is 0 Å². The van der Waals surface area contributed by atoms with Crippen molar-refractivity contribution in [3.05, 3.63) is 33.4 Å². The lowest BCUT2D eigenvalue weighted by Gasteiger charge is -2.18. The standard InChI is InChI=1S/C12H20N2/c1-7-8(2)10(4)12(6-14)11(5-13)9(7)3/h5-6,13-14H2,1-4H3. The first kappa shape index (κ1) is 11.2. The topological polar surface area (TPSA) is 52.0 Å². The van der Waals surface area contributed by atoms with Crippen LogP contribution in [-0.2, 0) is 13.1 Å². The summed E-state index contributed by atoms with van der Waals surface area (Å²) in [6, 6.07) is 0. The maximum Gasteiger partial charge on any atom is 0.0184 e. The van der Waals surface area contributed by atoms with Gasteiger partial charge in [-0.15, -0.1) is 0 Å². The molecular weight excluding hydrogens is 172 g/mol. The van der Waals surface area contributed by atoms with Gasteiger partial charge in [0, 0.05) is 13.1 Å². The summed E-state index contributed by atoms with van der Waals surface area (Å²) in [5, 5.41) is 0. The van der Waals surface area contributed by atoms with Gasteiger partial charge in [0.25, 0.3) is 0 Å². The molecule has 0 atom stereocenters. The van der Waals surface area contributed by atoms with Crippen LogP contribution >= 0.6 is 0 Å². The van der Waals surface area contributed by atoms with Gasteiger partial charge in [-0.1, -0.05) is 0 Å². The molecule has 0 amide bonds. The van der Waals surface area contributed by atoms with Crippen molar-refractivity contribution in [2.45, 2.75) is 40.8 Å². The molecule has 1 aromatic rings. The van der Waals surface area contributed by atoms with Gasteiger partial charge in [0.15, 0.2) is 0 Å². The summed E-state index contributed by atoms with van der Waals surface area (Å²) in [6.07, 6.45) is 0. The first-order chi connectivity index (χ1) is 6.54. The van der Waals surface area contributed by atoms with Crippen molar-refractivity contribution in [2.24, 2.45) is 11.5 Å². The molecule has 0 unspecified atom stereocenters. The molecule has 2 nitrogen and oxygen atoms in total. The molecule has 0 aromatic heterocycles. The lowest BCUT2D eigenvalue weighted by atomic mass is 9.89. The first-order valence-electron chi connectivity index (χ1n) is 5.02. The number of nitrogens with two attached hydrogens (primary N) is 2. The van der Waals surface area contributed by atoms with E-state index in [-0.39, 0.29) is 0 Å². The maximum absolute atomic E-state index is 5.76. The predicted molar refractivity (Wildman–Crippen MR) is 61.2 cm³/mol. The number of rotatable bonds is 2. The van der Waals surface area contributed by atoms with Crippen molar-refractivity contribution >= 4 is 0 Å².